The van der Waals surface area contributed by atoms with Crippen LogP contribution in [0.4, 0.5) is 0 Å². The SMILES string of the molecule is C=CC(=O)OC1C(=O)OC2C=CCC21. The lowest BCUT2D eigenvalue weighted by Gasteiger charge is -2.12. The summed E-state index contributed by atoms with van der Waals surface area (Å²) in [7, 11) is 0. The Bertz CT molecular complexity index is 318. The Balaban J connectivity index is 2.08. The normalized spacial score (nSPS) is 33.7. The van der Waals surface area contributed by atoms with Crippen molar-refractivity contribution in [3.05, 3.63) is 24.8 Å². The van der Waals surface area contributed by atoms with Crippen molar-refractivity contribution < 1.29 is 19.1 Å². The molecule has 14 heavy (non-hydrogen) atoms. The molecule has 1 saturated heterocycles. The first kappa shape index (κ1) is 8.99. The minimum atomic E-state index is -0.763. The summed E-state index contributed by atoms with van der Waals surface area (Å²) < 4.78 is 9.92. The monoisotopic (exact) mass is 194 g/mol. The molecule has 0 amide bonds. The Morgan fingerprint density at radius 2 is 2.50 bits per heavy atom. The van der Waals surface area contributed by atoms with Crippen LogP contribution < -0.4 is 0 Å². The molecule has 0 N–H and O–H groups in total. The summed E-state index contributed by atoms with van der Waals surface area (Å²) in [6, 6.07) is 0. The van der Waals surface area contributed by atoms with Crippen LogP contribution in [-0.2, 0) is 19.1 Å². The number of ether oxygens (including phenoxy) is 2. The Morgan fingerprint density at radius 1 is 1.71 bits per heavy atom. The van der Waals surface area contributed by atoms with E-state index in [9.17, 15) is 9.59 Å². The number of fused-ring (bicyclic) bond motifs is 1. The van der Waals surface area contributed by atoms with Gasteiger partial charge in [-0.3, -0.25) is 0 Å². The molecule has 4 nitrogen and oxygen atoms in total. The zero-order chi connectivity index (χ0) is 10.1. The molecule has 3 unspecified atom stereocenters. The van der Waals surface area contributed by atoms with Gasteiger partial charge >= 0.3 is 11.9 Å². The third kappa shape index (κ3) is 1.32. The van der Waals surface area contributed by atoms with Crippen LogP contribution in [0, 0.1) is 5.92 Å². The van der Waals surface area contributed by atoms with E-state index in [0.29, 0.717) is 6.42 Å². The van der Waals surface area contributed by atoms with Crippen molar-refractivity contribution in [2.45, 2.75) is 18.6 Å². The molecule has 0 aromatic heterocycles. The maximum absolute atomic E-state index is 11.3. The minimum Gasteiger partial charge on any atom is -0.455 e. The van der Waals surface area contributed by atoms with Crippen molar-refractivity contribution >= 4 is 11.9 Å². The van der Waals surface area contributed by atoms with Crippen molar-refractivity contribution in [3.8, 4) is 0 Å². The van der Waals surface area contributed by atoms with Crippen molar-refractivity contribution in [2.24, 2.45) is 5.92 Å². The largest absolute Gasteiger partial charge is 0.455 e. The third-order valence-electron chi connectivity index (χ3n) is 2.44. The topological polar surface area (TPSA) is 52.6 Å². The Morgan fingerprint density at radius 3 is 3.21 bits per heavy atom. The fourth-order valence-electron chi connectivity index (χ4n) is 1.75. The van der Waals surface area contributed by atoms with E-state index in [1.165, 1.54) is 0 Å². The highest BCUT2D eigenvalue weighted by molar-refractivity contribution is 5.86. The number of allylic oxidation sites excluding steroid dienone is 1. The summed E-state index contributed by atoms with van der Waals surface area (Å²) in [5.41, 5.74) is 0. The molecule has 2 rings (SSSR count). The van der Waals surface area contributed by atoms with E-state index >= 15 is 0 Å². The average Bonchev–Trinajstić information content (AvgIpc) is 2.70. The van der Waals surface area contributed by atoms with Gasteiger partial charge in [-0.05, 0) is 12.5 Å². The molecule has 1 aliphatic heterocycles. The molecule has 0 spiro atoms. The smallest absolute Gasteiger partial charge is 0.348 e. The van der Waals surface area contributed by atoms with Gasteiger partial charge in [0.2, 0.25) is 6.10 Å². The van der Waals surface area contributed by atoms with Crippen molar-refractivity contribution in [1.82, 2.24) is 0 Å². The van der Waals surface area contributed by atoms with Gasteiger partial charge in [0.1, 0.15) is 6.10 Å². The van der Waals surface area contributed by atoms with Crippen LogP contribution in [0.1, 0.15) is 6.42 Å². The minimum absolute atomic E-state index is 0.0496. The molecule has 74 valence electrons. The number of esters is 2. The Kier molecular flexibility index (Phi) is 2.11. The predicted octanol–water partition coefficient (Wildman–Crippen LogP) is 0.586. The summed E-state index contributed by atoms with van der Waals surface area (Å²) in [6.07, 6.45) is 4.53. The van der Waals surface area contributed by atoms with E-state index in [-0.39, 0.29) is 12.0 Å². The van der Waals surface area contributed by atoms with E-state index < -0.39 is 18.0 Å². The van der Waals surface area contributed by atoms with Crippen LogP contribution in [0.15, 0.2) is 24.8 Å². The molecule has 4 heteroatoms. The predicted molar refractivity (Wildman–Crippen MR) is 47.2 cm³/mol. The first-order valence-corrected chi connectivity index (χ1v) is 4.42. The number of hydrogen-bond donors (Lipinski definition) is 0. The lowest BCUT2D eigenvalue weighted by molar-refractivity contribution is -0.158. The summed E-state index contributed by atoms with van der Waals surface area (Å²) in [4.78, 5) is 22.2. The summed E-state index contributed by atoms with van der Waals surface area (Å²) >= 11 is 0. The molecule has 0 aromatic rings. The first-order chi connectivity index (χ1) is 6.72. The maximum atomic E-state index is 11.3. The fourth-order valence-corrected chi connectivity index (χ4v) is 1.75. The van der Waals surface area contributed by atoms with Gasteiger partial charge in [-0.15, -0.1) is 0 Å². The van der Waals surface area contributed by atoms with Gasteiger partial charge in [0.05, 0.1) is 5.92 Å². The van der Waals surface area contributed by atoms with Gasteiger partial charge in [-0.1, -0.05) is 12.7 Å². The molecule has 1 aliphatic carbocycles. The zero-order valence-corrected chi connectivity index (χ0v) is 7.51. The van der Waals surface area contributed by atoms with Gasteiger partial charge < -0.3 is 9.47 Å². The fraction of sp³-hybridized carbons (Fsp3) is 0.400. The van der Waals surface area contributed by atoms with Gasteiger partial charge in [-0.2, -0.15) is 0 Å². The van der Waals surface area contributed by atoms with Crippen LogP contribution in [0.3, 0.4) is 0 Å². The second-order valence-electron chi connectivity index (χ2n) is 3.29. The van der Waals surface area contributed by atoms with Crippen LogP contribution in [0.2, 0.25) is 0 Å². The van der Waals surface area contributed by atoms with Crippen molar-refractivity contribution in [1.29, 1.82) is 0 Å². The highest BCUT2D eigenvalue weighted by atomic mass is 16.6. The maximum Gasteiger partial charge on any atom is 0.348 e. The van der Waals surface area contributed by atoms with Crippen molar-refractivity contribution in [3.63, 3.8) is 0 Å². The number of rotatable bonds is 2. The van der Waals surface area contributed by atoms with E-state index in [1.54, 1.807) is 0 Å². The number of carbonyl (C=O) groups excluding carboxylic acids is 2. The number of carbonyl (C=O) groups is 2. The van der Waals surface area contributed by atoms with E-state index in [0.717, 1.165) is 6.08 Å². The molecule has 0 radical (unpaired) electrons. The molecule has 2 aliphatic rings. The average molecular weight is 194 g/mol. The van der Waals surface area contributed by atoms with Crippen molar-refractivity contribution in [2.75, 3.05) is 0 Å². The molecule has 1 heterocycles. The van der Waals surface area contributed by atoms with Gasteiger partial charge in [-0.25, -0.2) is 9.59 Å². The van der Waals surface area contributed by atoms with Crippen LogP contribution >= 0.6 is 0 Å². The molecule has 3 atom stereocenters. The highest BCUT2D eigenvalue weighted by Crippen LogP contribution is 2.33. The zero-order valence-electron chi connectivity index (χ0n) is 7.51. The lowest BCUT2D eigenvalue weighted by atomic mass is 10.0. The standard InChI is InChI=1S/C10H10O4/c1-2-8(11)14-9-6-4-3-5-7(6)13-10(9)12/h2-3,5-7,9H,1,4H2. The Hall–Kier alpha value is -1.58. The molecule has 1 fully saturated rings. The molecular formula is C10H10O4. The highest BCUT2D eigenvalue weighted by Gasteiger charge is 2.47. The summed E-state index contributed by atoms with van der Waals surface area (Å²) in [5.74, 6) is -1.09. The third-order valence-corrected chi connectivity index (χ3v) is 2.44. The van der Waals surface area contributed by atoms with Crippen LogP contribution in [-0.4, -0.2) is 24.1 Å². The molecule has 0 bridgehead atoms. The Labute approximate surface area is 81.2 Å². The van der Waals surface area contributed by atoms with Gasteiger partial charge in [0, 0.05) is 6.08 Å². The van der Waals surface area contributed by atoms with Gasteiger partial charge in [0.25, 0.3) is 0 Å². The van der Waals surface area contributed by atoms with E-state index in [2.05, 4.69) is 6.58 Å². The van der Waals surface area contributed by atoms with E-state index in [1.807, 2.05) is 12.2 Å². The number of hydrogen-bond acceptors (Lipinski definition) is 4. The van der Waals surface area contributed by atoms with Crippen LogP contribution in [0.5, 0.6) is 0 Å². The lowest BCUT2D eigenvalue weighted by Crippen LogP contribution is -2.28. The van der Waals surface area contributed by atoms with Gasteiger partial charge in [0.15, 0.2) is 0 Å². The molecule has 0 saturated carbocycles. The summed E-state index contributed by atoms with van der Waals surface area (Å²) in [6.45, 7) is 3.27. The molecule has 0 aromatic carbocycles. The second kappa shape index (κ2) is 3.29. The van der Waals surface area contributed by atoms with E-state index in [4.69, 9.17) is 9.47 Å². The second-order valence-corrected chi connectivity index (χ2v) is 3.29. The van der Waals surface area contributed by atoms with Crippen LogP contribution in [0.25, 0.3) is 0 Å². The quantitative estimate of drug-likeness (QED) is 0.366. The molecular weight excluding hydrogens is 184 g/mol. The first-order valence-electron chi connectivity index (χ1n) is 4.42. The summed E-state index contributed by atoms with van der Waals surface area (Å²) in [5, 5.41) is 0.